The number of hydrogen-bond donors (Lipinski definition) is 2. The molecule has 0 aliphatic carbocycles. The fourth-order valence-electron chi connectivity index (χ4n) is 2.98. The van der Waals surface area contributed by atoms with Gasteiger partial charge in [-0.25, -0.2) is 4.79 Å². The number of hydrogen-bond acceptors (Lipinski definition) is 4. The van der Waals surface area contributed by atoms with Gasteiger partial charge < -0.3 is 19.8 Å². The molecule has 0 atom stereocenters. The second-order valence-electron chi connectivity index (χ2n) is 6.34. The average molecular weight is 386 g/mol. The lowest BCUT2D eigenvalue weighted by molar-refractivity contribution is 0.0729. The molecule has 2 N–H and O–H groups in total. The van der Waals surface area contributed by atoms with E-state index in [1.165, 1.54) is 7.11 Å². The number of para-hydroxylation sites is 2. The number of esters is 1. The van der Waals surface area contributed by atoms with Crippen molar-refractivity contribution in [1.29, 1.82) is 0 Å². The highest BCUT2D eigenvalue weighted by Crippen LogP contribution is 2.22. The molecule has 1 heterocycles. The molecule has 0 aliphatic heterocycles. The Hall–Kier alpha value is -4.06. The molecule has 1 amide bonds. The third-order valence-electron chi connectivity index (χ3n) is 4.42. The molecule has 0 unspecified atom stereocenters. The highest BCUT2D eigenvalue weighted by atomic mass is 16.5. The van der Waals surface area contributed by atoms with Crippen molar-refractivity contribution in [2.45, 2.75) is 0 Å². The molecule has 0 aliphatic rings. The zero-order valence-corrected chi connectivity index (χ0v) is 15.6. The Bertz CT molecular complexity index is 1150. The molecule has 0 saturated heterocycles. The molecule has 0 fully saturated rings. The summed E-state index contributed by atoms with van der Waals surface area (Å²) in [6.45, 7) is 0. The minimum atomic E-state index is -0.480. The van der Waals surface area contributed by atoms with E-state index < -0.39 is 5.97 Å². The van der Waals surface area contributed by atoms with Crippen molar-refractivity contribution in [3.63, 3.8) is 0 Å². The van der Waals surface area contributed by atoms with Crippen LogP contribution < -0.4 is 14.8 Å². The Labute approximate surface area is 167 Å². The topological polar surface area (TPSA) is 80.4 Å². The smallest absolute Gasteiger partial charge is 0.360 e. The highest BCUT2D eigenvalue weighted by molar-refractivity contribution is 6.06. The van der Waals surface area contributed by atoms with Gasteiger partial charge in [-0.15, -0.1) is 0 Å². The van der Waals surface area contributed by atoms with E-state index in [-0.39, 0.29) is 5.91 Å². The number of amides is 1. The lowest BCUT2D eigenvalue weighted by Crippen LogP contribution is -2.13. The van der Waals surface area contributed by atoms with Crippen LogP contribution in [0.15, 0.2) is 78.9 Å². The molecule has 6 heteroatoms. The van der Waals surface area contributed by atoms with Gasteiger partial charge in [0.25, 0.3) is 5.91 Å². The van der Waals surface area contributed by atoms with Crippen LogP contribution in [0.3, 0.4) is 0 Å². The zero-order valence-electron chi connectivity index (χ0n) is 15.6. The van der Waals surface area contributed by atoms with E-state index in [1.54, 1.807) is 54.6 Å². The SMILES string of the molecule is COc1ccccc1C(=O)Nc1ccc(OC(=O)c2cc3ccccc3[nH]2)cc1. The number of benzene rings is 3. The van der Waals surface area contributed by atoms with Gasteiger partial charge in [-0.3, -0.25) is 4.79 Å². The van der Waals surface area contributed by atoms with Crippen molar-refractivity contribution in [2.24, 2.45) is 0 Å². The molecule has 0 saturated carbocycles. The van der Waals surface area contributed by atoms with Crippen molar-refractivity contribution < 1.29 is 19.1 Å². The molecule has 1 aromatic heterocycles. The number of H-pyrrole nitrogens is 1. The maximum Gasteiger partial charge on any atom is 0.360 e. The first-order valence-corrected chi connectivity index (χ1v) is 8.98. The first-order chi connectivity index (χ1) is 14.1. The van der Waals surface area contributed by atoms with Gasteiger partial charge in [0.15, 0.2) is 0 Å². The van der Waals surface area contributed by atoms with Crippen molar-refractivity contribution in [3.8, 4) is 11.5 Å². The number of ether oxygens (including phenoxy) is 2. The summed E-state index contributed by atoms with van der Waals surface area (Å²) in [6.07, 6.45) is 0. The van der Waals surface area contributed by atoms with Gasteiger partial charge in [0, 0.05) is 16.6 Å². The quantitative estimate of drug-likeness (QED) is 0.387. The molecule has 144 valence electrons. The van der Waals surface area contributed by atoms with Crippen LogP contribution in [0.1, 0.15) is 20.8 Å². The summed E-state index contributed by atoms with van der Waals surface area (Å²) in [5.41, 5.74) is 2.25. The van der Waals surface area contributed by atoms with E-state index in [0.29, 0.717) is 28.4 Å². The van der Waals surface area contributed by atoms with Gasteiger partial charge in [-0.2, -0.15) is 0 Å². The van der Waals surface area contributed by atoms with Crippen LogP contribution in [0.5, 0.6) is 11.5 Å². The third-order valence-corrected chi connectivity index (χ3v) is 4.42. The van der Waals surface area contributed by atoms with E-state index in [0.717, 1.165) is 10.9 Å². The summed E-state index contributed by atoms with van der Waals surface area (Å²) in [4.78, 5) is 27.8. The van der Waals surface area contributed by atoms with Crippen molar-refractivity contribution in [3.05, 3.63) is 90.1 Å². The molecule has 0 radical (unpaired) electrons. The molecule has 4 aromatic rings. The number of rotatable bonds is 5. The summed E-state index contributed by atoms with van der Waals surface area (Å²) in [5.74, 6) is 0.107. The number of methoxy groups -OCH3 is 1. The average Bonchev–Trinajstić information content (AvgIpc) is 3.19. The number of nitrogens with one attached hydrogen (secondary N) is 2. The lowest BCUT2D eigenvalue weighted by Gasteiger charge is -2.09. The van der Waals surface area contributed by atoms with Gasteiger partial charge in [0.1, 0.15) is 17.2 Å². The Morgan fingerprint density at radius 1 is 0.897 bits per heavy atom. The lowest BCUT2D eigenvalue weighted by atomic mass is 10.2. The van der Waals surface area contributed by atoms with E-state index in [9.17, 15) is 9.59 Å². The number of carbonyl (C=O) groups is 2. The first kappa shape index (κ1) is 18.3. The Balaban J connectivity index is 1.43. The fourth-order valence-corrected chi connectivity index (χ4v) is 2.98. The van der Waals surface area contributed by atoms with Crippen molar-refractivity contribution in [1.82, 2.24) is 4.98 Å². The summed E-state index contributed by atoms with van der Waals surface area (Å²) in [6, 6.07) is 22.9. The van der Waals surface area contributed by atoms with Crippen LogP contribution in [-0.2, 0) is 0 Å². The van der Waals surface area contributed by atoms with Crippen LogP contribution in [-0.4, -0.2) is 24.0 Å². The molecular weight excluding hydrogens is 368 g/mol. The molecular formula is C23H18N2O4. The summed E-state index contributed by atoms with van der Waals surface area (Å²) < 4.78 is 10.6. The maximum atomic E-state index is 12.4. The monoisotopic (exact) mass is 386 g/mol. The number of fused-ring (bicyclic) bond motifs is 1. The van der Waals surface area contributed by atoms with Crippen LogP contribution in [0.25, 0.3) is 10.9 Å². The first-order valence-electron chi connectivity index (χ1n) is 8.98. The Morgan fingerprint density at radius 2 is 1.62 bits per heavy atom. The van der Waals surface area contributed by atoms with E-state index in [1.807, 2.05) is 24.3 Å². The van der Waals surface area contributed by atoms with Crippen molar-refractivity contribution >= 4 is 28.5 Å². The largest absolute Gasteiger partial charge is 0.496 e. The van der Waals surface area contributed by atoms with Gasteiger partial charge >= 0.3 is 5.97 Å². The van der Waals surface area contributed by atoms with E-state index in [4.69, 9.17) is 9.47 Å². The number of aromatic nitrogens is 1. The molecule has 0 spiro atoms. The molecule has 3 aromatic carbocycles. The Kier molecular flexibility index (Phi) is 4.99. The number of aromatic amines is 1. The number of anilines is 1. The van der Waals surface area contributed by atoms with Crippen LogP contribution >= 0.6 is 0 Å². The normalized spacial score (nSPS) is 10.5. The fraction of sp³-hybridized carbons (Fsp3) is 0.0435. The van der Waals surface area contributed by atoms with Crippen LogP contribution in [0, 0.1) is 0 Å². The summed E-state index contributed by atoms with van der Waals surface area (Å²) in [7, 11) is 1.52. The number of carbonyl (C=O) groups excluding carboxylic acids is 2. The second kappa shape index (κ2) is 7.90. The van der Waals surface area contributed by atoms with Gasteiger partial charge in [-0.1, -0.05) is 30.3 Å². The van der Waals surface area contributed by atoms with Crippen molar-refractivity contribution in [2.75, 3.05) is 12.4 Å². The summed E-state index contributed by atoms with van der Waals surface area (Å²) in [5, 5.41) is 3.74. The van der Waals surface area contributed by atoms with Gasteiger partial charge in [-0.05, 0) is 48.5 Å². The third kappa shape index (κ3) is 3.96. The zero-order chi connectivity index (χ0) is 20.2. The molecule has 4 rings (SSSR count). The Morgan fingerprint density at radius 3 is 2.38 bits per heavy atom. The van der Waals surface area contributed by atoms with Gasteiger partial charge in [0.2, 0.25) is 0 Å². The second-order valence-corrected chi connectivity index (χ2v) is 6.34. The van der Waals surface area contributed by atoms with Gasteiger partial charge in [0.05, 0.1) is 12.7 Å². The molecule has 29 heavy (non-hydrogen) atoms. The predicted molar refractivity (Wildman–Crippen MR) is 111 cm³/mol. The van der Waals surface area contributed by atoms with Crippen LogP contribution in [0.2, 0.25) is 0 Å². The van der Waals surface area contributed by atoms with E-state index in [2.05, 4.69) is 10.3 Å². The maximum absolute atomic E-state index is 12.4. The summed E-state index contributed by atoms with van der Waals surface area (Å²) >= 11 is 0. The predicted octanol–water partition coefficient (Wildman–Crippen LogP) is 4.65. The van der Waals surface area contributed by atoms with E-state index >= 15 is 0 Å². The van der Waals surface area contributed by atoms with Crippen LogP contribution in [0.4, 0.5) is 5.69 Å². The minimum absolute atomic E-state index is 0.287. The standard InChI is InChI=1S/C23H18N2O4/c1-28-21-9-5-3-7-18(21)22(26)24-16-10-12-17(13-11-16)29-23(27)20-14-15-6-2-4-8-19(15)25-20/h2-14,25H,1H3,(H,24,26). The highest BCUT2D eigenvalue weighted by Gasteiger charge is 2.13. The minimum Gasteiger partial charge on any atom is -0.496 e. The molecule has 0 bridgehead atoms. The molecule has 6 nitrogen and oxygen atoms in total.